The monoisotopic (exact) mass is 430 g/mol. The smallest absolute Gasteiger partial charge is 0.295 e. The van der Waals surface area contributed by atoms with Crippen LogP contribution in [0.3, 0.4) is 0 Å². The van der Waals surface area contributed by atoms with E-state index in [-0.39, 0.29) is 11.7 Å². The highest BCUT2D eigenvalue weighted by Crippen LogP contribution is 2.26. The number of halogens is 1. The molecule has 4 rings (SSSR count). The van der Waals surface area contributed by atoms with Gasteiger partial charge in [-0.05, 0) is 68.7 Å². The quantitative estimate of drug-likeness (QED) is 0.427. The molecule has 4 aromatic rings. The molecule has 156 valence electrons. The Morgan fingerprint density at radius 2 is 1.65 bits per heavy atom. The van der Waals surface area contributed by atoms with Gasteiger partial charge in [0.05, 0.1) is 5.69 Å². The van der Waals surface area contributed by atoms with Gasteiger partial charge in [-0.3, -0.25) is 4.79 Å². The van der Waals surface area contributed by atoms with Crippen molar-refractivity contribution in [1.29, 1.82) is 0 Å². The number of amides is 1. The van der Waals surface area contributed by atoms with E-state index in [0.717, 1.165) is 39.2 Å². The topological polar surface area (TPSA) is 59.8 Å². The summed E-state index contributed by atoms with van der Waals surface area (Å²) in [6.07, 6.45) is 0. The van der Waals surface area contributed by atoms with Crippen LogP contribution in [-0.4, -0.2) is 20.7 Å². The van der Waals surface area contributed by atoms with E-state index >= 15 is 0 Å². The molecule has 1 aromatic heterocycles. The van der Waals surface area contributed by atoms with Crippen LogP contribution < -0.4 is 5.32 Å². The highest BCUT2D eigenvalue weighted by molar-refractivity contribution is 6.30. The third-order valence-corrected chi connectivity index (χ3v) is 5.35. The third-order valence-electron chi connectivity index (χ3n) is 5.11. The van der Waals surface area contributed by atoms with Crippen LogP contribution in [-0.2, 0) is 0 Å². The van der Waals surface area contributed by atoms with Gasteiger partial charge in [0.1, 0.15) is 0 Å². The summed E-state index contributed by atoms with van der Waals surface area (Å²) in [6.45, 7) is 7.99. The fraction of sp³-hybridized carbons (Fsp3) is 0.160. The third kappa shape index (κ3) is 4.37. The van der Waals surface area contributed by atoms with Crippen molar-refractivity contribution < 1.29 is 4.79 Å². The van der Waals surface area contributed by atoms with Gasteiger partial charge in [0, 0.05) is 16.3 Å². The molecule has 0 radical (unpaired) electrons. The van der Waals surface area contributed by atoms with Crippen molar-refractivity contribution in [2.75, 3.05) is 5.32 Å². The van der Waals surface area contributed by atoms with E-state index in [1.54, 1.807) is 10.7 Å². The van der Waals surface area contributed by atoms with Crippen molar-refractivity contribution >= 4 is 23.2 Å². The Morgan fingerprint density at radius 3 is 2.39 bits per heavy atom. The van der Waals surface area contributed by atoms with Crippen molar-refractivity contribution in [2.24, 2.45) is 0 Å². The number of hydrogen-bond donors (Lipinski definition) is 1. The predicted molar refractivity (Wildman–Crippen MR) is 125 cm³/mol. The van der Waals surface area contributed by atoms with Gasteiger partial charge >= 0.3 is 0 Å². The molecule has 1 heterocycles. The fourth-order valence-electron chi connectivity index (χ4n) is 3.48. The van der Waals surface area contributed by atoms with Gasteiger partial charge in [-0.2, -0.15) is 0 Å². The number of aromatic nitrogens is 3. The molecule has 0 spiro atoms. The van der Waals surface area contributed by atoms with E-state index in [4.69, 9.17) is 11.6 Å². The van der Waals surface area contributed by atoms with Crippen molar-refractivity contribution in [1.82, 2.24) is 14.8 Å². The van der Waals surface area contributed by atoms with E-state index < -0.39 is 0 Å². The van der Waals surface area contributed by atoms with E-state index in [1.165, 1.54) is 0 Å². The zero-order valence-electron chi connectivity index (χ0n) is 17.9. The number of benzene rings is 3. The molecule has 31 heavy (non-hydrogen) atoms. The number of nitrogens with one attached hydrogen (secondary N) is 1. The molecular formula is C25H23ClN4O. The molecule has 0 saturated heterocycles. The number of carbonyl (C=O) groups excluding carboxylic acids is 1. The van der Waals surface area contributed by atoms with Gasteiger partial charge in [0.25, 0.3) is 5.91 Å². The van der Waals surface area contributed by atoms with Gasteiger partial charge in [0.2, 0.25) is 5.82 Å². The molecule has 0 bridgehead atoms. The molecule has 0 aliphatic heterocycles. The molecule has 0 aliphatic carbocycles. The molecule has 5 nitrogen and oxygen atoms in total. The number of carbonyl (C=O) groups is 1. The zero-order valence-corrected chi connectivity index (χ0v) is 18.7. The number of anilines is 1. The molecule has 0 saturated carbocycles. The highest BCUT2D eigenvalue weighted by Gasteiger charge is 2.20. The summed E-state index contributed by atoms with van der Waals surface area (Å²) in [7, 11) is 0. The van der Waals surface area contributed by atoms with Crippen LogP contribution in [0.15, 0.2) is 60.7 Å². The van der Waals surface area contributed by atoms with Crippen LogP contribution in [0.2, 0.25) is 5.02 Å². The Labute approximate surface area is 186 Å². The normalized spacial score (nSPS) is 10.9. The van der Waals surface area contributed by atoms with Gasteiger partial charge in [-0.25, -0.2) is 9.67 Å². The summed E-state index contributed by atoms with van der Waals surface area (Å²) in [5, 5.41) is 8.11. The number of nitrogens with zero attached hydrogens (tertiary/aromatic N) is 3. The highest BCUT2D eigenvalue weighted by atomic mass is 35.5. The first-order valence-corrected chi connectivity index (χ1v) is 10.4. The average molecular weight is 431 g/mol. The lowest BCUT2D eigenvalue weighted by molar-refractivity contribution is 0.101. The lowest BCUT2D eigenvalue weighted by Gasteiger charge is -2.10. The molecule has 3 aromatic carbocycles. The zero-order chi connectivity index (χ0) is 22.1. The predicted octanol–water partition coefficient (Wildman–Crippen LogP) is 6.07. The Bertz CT molecular complexity index is 1290. The van der Waals surface area contributed by atoms with Crippen LogP contribution in [0, 0.1) is 27.7 Å². The van der Waals surface area contributed by atoms with Gasteiger partial charge in [-0.15, -0.1) is 5.10 Å². The molecule has 0 fully saturated rings. The summed E-state index contributed by atoms with van der Waals surface area (Å²) in [5.41, 5.74) is 6.62. The Morgan fingerprint density at radius 1 is 0.903 bits per heavy atom. The average Bonchev–Trinajstić information content (AvgIpc) is 3.16. The standard InChI is InChI=1S/C25H23ClN4O/c1-15-9-11-22(18(4)12-15)30-24(19-6-5-7-20(26)14-19)28-23(29-30)25(31)27-21-13-16(2)8-10-17(21)3/h5-14H,1-4H3,(H,27,31). The van der Waals surface area contributed by atoms with Crippen LogP contribution in [0.4, 0.5) is 5.69 Å². The van der Waals surface area contributed by atoms with Crippen LogP contribution in [0.5, 0.6) is 0 Å². The van der Waals surface area contributed by atoms with E-state index in [9.17, 15) is 4.79 Å². The van der Waals surface area contributed by atoms with Crippen LogP contribution >= 0.6 is 11.6 Å². The van der Waals surface area contributed by atoms with Gasteiger partial charge in [0.15, 0.2) is 5.82 Å². The Kier molecular flexibility index (Phi) is 5.61. The van der Waals surface area contributed by atoms with Crippen molar-refractivity contribution in [3.8, 4) is 17.1 Å². The van der Waals surface area contributed by atoms with E-state index in [0.29, 0.717) is 10.8 Å². The molecule has 1 N–H and O–H groups in total. The van der Waals surface area contributed by atoms with Crippen LogP contribution in [0.1, 0.15) is 32.9 Å². The number of aryl methyl sites for hydroxylation is 4. The Balaban J connectivity index is 1.81. The second kappa shape index (κ2) is 8.36. The molecule has 0 aliphatic rings. The first kappa shape index (κ1) is 20.8. The summed E-state index contributed by atoms with van der Waals surface area (Å²) < 4.78 is 1.71. The fourth-order valence-corrected chi connectivity index (χ4v) is 3.67. The SMILES string of the molecule is Cc1ccc(-n2nc(C(=O)Nc3cc(C)ccc3C)nc2-c2cccc(Cl)c2)c(C)c1. The minimum absolute atomic E-state index is 0.0934. The van der Waals surface area contributed by atoms with E-state index in [2.05, 4.69) is 21.5 Å². The Hall–Kier alpha value is -3.44. The lowest BCUT2D eigenvalue weighted by Crippen LogP contribution is -2.15. The second-order valence-electron chi connectivity index (χ2n) is 7.74. The maximum absolute atomic E-state index is 13.0. The molecule has 6 heteroatoms. The minimum Gasteiger partial charge on any atom is -0.319 e. The minimum atomic E-state index is -0.361. The van der Waals surface area contributed by atoms with Gasteiger partial charge < -0.3 is 5.32 Å². The van der Waals surface area contributed by atoms with Crippen molar-refractivity contribution in [3.05, 3.63) is 93.8 Å². The van der Waals surface area contributed by atoms with Crippen LogP contribution in [0.25, 0.3) is 17.1 Å². The maximum Gasteiger partial charge on any atom is 0.295 e. The number of rotatable bonds is 4. The maximum atomic E-state index is 13.0. The molecule has 1 amide bonds. The molecule has 0 atom stereocenters. The second-order valence-corrected chi connectivity index (χ2v) is 8.18. The molecular weight excluding hydrogens is 408 g/mol. The van der Waals surface area contributed by atoms with Crippen molar-refractivity contribution in [2.45, 2.75) is 27.7 Å². The number of hydrogen-bond acceptors (Lipinski definition) is 3. The summed E-state index contributed by atoms with van der Waals surface area (Å²) in [5.74, 6) is 0.289. The lowest BCUT2D eigenvalue weighted by atomic mass is 10.1. The summed E-state index contributed by atoms with van der Waals surface area (Å²) in [6, 6.07) is 19.4. The first-order valence-electron chi connectivity index (χ1n) is 10.0. The van der Waals surface area contributed by atoms with Gasteiger partial charge in [-0.1, -0.05) is 53.6 Å². The first-order chi connectivity index (χ1) is 14.8. The van der Waals surface area contributed by atoms with Crippen molar-refractivity contribution in [3.63, 3.8) is 0 Å². The van der Waals surface area contributed by atoms with E-state index in [1.807, 2.05) is 76.2 Å². The molecule has 0 unspecified atom stereocenters. The summed E-state index contributed by atoms with van der Waals surface area (Å²) in [4.78, 5) is 17.6. The summed E-state index contributed by atoms with van der Waals surface area (Å²) >= 11 is 6.22. The largest absolute Gasteiger partial charge is 0.319 e.